The van der Waals surface area contributed by atoms with Crippen molar-refractivity contribution in [3.8, 4) is 11.1 Å². The Bertz CT molecular complexity index is 2510. The van der Waals surface area contributed by atoms with Gasteiger partial charge in [0.15, 0.2) is 11.6 Å². The summed E-state index contributed by atoms with van der Waals surface area (Å²) in [5, 5.41) is 10.9. The molecule has 0 radical (unpaired) electrons. The number of ether oxygens (including phenoxy) is 1. The average Bonchev–Trinajstić information content (AvgIpc) is 3.22. The van der Waals surface area contributed by atoms with E-state index in [-0.39, 0.29) is 48.8 Å². The highest BCUT2D eigenvalue weighted by atomic mass is 32.2. The molecule has 280 valence electrons. The van der Waals surface area contributed by atoms with Crippen molar-refractivity contribution in [2.24, 2.45) is 0 Å². The third kappa shape index (κ3) is 9.29. The van der Waals surface area contributed by atoms with E-state index >= 15 is 9.18 Å². The molecule has 0 aromatic heterocycles. The van der Waals surface area contributed by atoms with Crippen LogP contribution in [0.1, 0.15) is 64.6 Å². The molecule has 1 saturated heterocycles. The molecular formula is C41H42F5N3O3S. The van der Waals surface area contributed by atoms with Crippen molar-refractivity contribution >= 4 is 23.4 Å². The SMILES string of the molecule is [2H]C1=C(SC([2H])([2H])c2cccc(F)c2F)N(CC(=O)N(C2CCN(CC([2H])([2H])OC([2H])([2H])[2H])CC2)C([2H])([2H])c2ccc(-c3ccc(C(F)(F)F)cc3)cc2)c2c([2H])c([2H])c(C)c([2H])c2C1O. The van der Waals surface area contributed by atoms with Gasteiger partial charge in [-0.25, -0.2) is 8.78 Å². The minimum absolute atomic E-state index is 0.0160. The van der Waals surface area contributed by atoms with Crippen LogP contribution in [0, 0.1) is 18.6 Å². The smallest absolute Gasteiger partial charge is 0.384 e. The summed E-state index contributed by atoms with van der Waals surface area (Å²) in [6.07, 6.45) is -6.72. The number of likely N-dealkylation sites (tertiary alicyclic amines) is 1. The number of hydrogen-bond acceptors (Lipinski definition) is 6. The molecule has 1 amide bonds. The molecular weight excluding hydrogens is 710 g/mol. The number of fused-ring (bicyclic) bond motifs is 1. The van der Waals surface area contributed by atoms with Crippen LogP contribution < -0.4 is 4.90 Å². The molecule has 0 saturated carbocycles. The summed E-state index contributed by atoms with van der Waals surface area (Å²) in [6, 6.07) is 8.89. The fourth-order valence-electron chi connectivity index (χ4n) is 5.97. The van der Waals surface area contributed by atoms with E-state index in [9.17, 15) is 25.4 Å². The van der Waals surface area contributed by atoms with E-state index in [1.54, 1.807) is 0 Å². The first kappa shape index (κ1) is 25.0. The molecule has 0 bridgehead atoms. The third-order valence-corrected chi connectivity index (χ3v) is 9.58. The molecule has 0 spiro atoms. The van der Waals surface area contributed by atoms with Gasteiger partial charge in [-0.3, -0.25) is 4.79 Å². The molecule has 1 atom stereocenters. The fraction of sp³-hybridized carbons (Fsp3) is 0.341. The summed E-state index contributed by atoms with van der Waals surface area (Å²) >= 11 is 0.0690. The van der Waals surface area contributed by atoms with Gasteiger partial charge in [-0.05, 0) is 66.7 Å². The van der Waals surface area contributed by atoms with Crippen LogP contribution in [0.4, 0.5) is 27.6 Å². The number of hydrogen-bond donors (Lipinski definition) is 1. The van der Waals surface area contributed by atoms with Gasteiger partial charge in [-0.15, -0.1) is 11.8 Å². The highest BCUT2D eigenvalue weighted by molar-refractivity contribution is 8.02. The van der Waals surface area contributed by atoms with Crippen LogP contribution in [0.3, 0.4) is 0 Å². The third-order valence-electron chi connectivity index (χ3n) is 8.73. The largest absolute Gasteiger partial charge is 0.416 e. The molecule has 1 unspecified atom stereocenters. The summed E-state index contributed by atoms with van der Waals surface area (Å²) < 4.78 is 184. The van der Waals surface area contributed by atoms with Crippen LogP contribution >= 0.6 is 11.8 Å². The van der Waals surface area contributed by atoms with Crippen molar-refractivity contribution in [2.75, 3.05) is 44.7 Å². The lowest BCUT2D eigenvalue weighted by Crippen LogP contribution is -2.50. The topological polar surface area (TPSA) is 56.3 Å². The Morgan fingerprint density at radius 1 is 1.06 bits per heavy atom. The van der Waals surface area contributed by atoms with Crippen LogP contribution in [0.2, 0.25) is 0 Å². The number of anilines is 1. The maximum Gasteiger partial charge on any atom is 0.416 e. The average molecular weight is 765 g/mol. The summed E-state index contributed by atoms with van der Waals surface area (Å²) in [4.78, 5) is 18.3. The van der Waals surface area contributed by atoms with Gasteiger partial charge < -0.3 is 24.5 Å². The Morgan fingerprint density at radius 2 is 1.75 bits per heavy atom. The summed E-state index contributed by atoms with van der Waals surface area (Å²) in [5.74, 6) is -4.07. The standard InChI is InChI=1S/C41H42F5N3O3S/c1-27-6-15-36-34(22-27)37(50)23-39(53-26-31-4-3-5-35(42)40(31)43)49(36)25-38(51)48(33-16-18-47(19-17-33)20-21-52-2)24-28-7-9-29(10-8-28)30-11-13-32(14-12-30)41(44,45)46/h3-15,22-23,33,37,50H,16-21,24-26H2,1-2H3/i2D3,6D,15D,21D2,22D,23D,24D2,26D2. The Balaban J connectivity index is 1.43. The first-order valence-corrected chi connectivity index (χ1v) is 17.2. The molecule has 4 aromatic carbocycles. The van der Waals surface area contributed by atoms with Gasteiger partial charge in [0, 0.05) is 64.5 Å². The Hall–Kier alpha value is -4.23. The van der Waals surface area contributed by atoms with Crippen molar-refractivity contribution in [1.82, 2.24) is 9.80 Å². The number of aliphatic hydroxyl groups excluding tert-OH is 1. The number of carbonyl (C=O) groups excluding carboxylic acids is 1. The Morgan fingerprint density at radius 3 is 2.43 bits per heavy atom. The van der Waals surface area contributed by atoms with Gasteiger partial charge in [0.1, 0.15) is 12.6 Å². The fourth-order valence-corrected chi connectivity index (χ4v) is 6.77. The number of halogens is 5. The van der Waals surface area contributed by atoms with Crippen molar-refractivity contribution in [2.45, 2.75) is 50.3 Å². The van der Waals surface area contributed by atoms with Crippen LogP contribution in [-0.2, 0) is 27.9 Å². The molecule has 2 aliphatic rings. The van der Waals surface area contributed by atoms with Gasteiger partial charge in [0.2, 0.25) is 5.91 Å². The van der Waals surface area contributed by atoms with E-state index in [2.05, 4.69) is 4.74 Å². The van der Waals surface area contributed by atoms with E-state index in [4.69, 9.17) is 15.1 Å². The van der Waals surface area contributed by atoms with Gasteiger partial charge in [-0.2, -0.15) is 13.2 Å². The monoisotopic (exact) mass is 764 g/mol. The van der Waals surface area contributed by atoms with E-state index in [1.807, 2.05) is 0 Å². The van der Waals surface area contributed by atoms with E-state index in [0.717, 1.165) is 40.1 Å². The molecule has 4 aromatic rings. The first-order valence-electron chi connectivity index (χ1n) is 22.9. The quantitative estimate of drug-likeness (QED) is 0.146. The van der Waals surface area contributed by atoms with Crippen molar-refractivity contribution < 1.29 is 54.4 Å². The Kier molecular flexibility index (Phi) is 7.93. The molecule has 2 heterocycles. The van der Waals surface area contributed by atoms with Crippen LogP contribution in [0.25, 0.3) is 11.1 Å². The predicted octanol–water partition coefficient (Wildman–Crippen LogP) is 8.73. The normalized spacial score (nSPS) is 21.5. The highest BCUT2D eigenvalue weighted by Gasteiger charge is 2.33. The lowest BCUT2D eigenvalue weighted by Gasteiger charge is -2.40. The van der Waals surface area contributed by atoms with E-state index in [1.165, 1.54) is 48.2 Å². The number of nitrogens with zero attached hydrogens (tertiary/aromatic N) is 3. The number of alkyl halides is 3. The second-order valence-electron chi connectivity index (χ2n) is 12.3. The highest BCUT2D eigenvalue weighted by Crippen LogP contribution is 2.41. The molecule has 1 fully saturated rings. The number of amides is 1. The summed E-state index contributed by atoms with van der Waals surface area (Å²) in [6.45, 7) is -5.68. The van der Waals surface area contributed by atoms with Gasteiger partial charge >= 0.3 is 6.18 Å². The second-order valence-corrected chi connectivity index (χ2v) is 13.1. The number of thioether (sulfide) groups is 1. The first-order chi connectivity index (χ1) is 30.4. The lowest BCUT2D eigenvalue weighted by atomic mass is 9.99. The van der Waals surface area contributed by atoms with Gasteiger partial charge in [-0.1, -0.05) is 66.2 Å². The van der Waals surface area contributed by atoms with E-state index < -0.39 is 126 Å². The second kappa shape index (κ2) is 16.8. The minimum atomic E-state index is -4.59. The van der Waals surface area contributed by atoms with Crippen molar-refractivity contribution in [3.63, 3.8) is 0 Å². The predicted molar refractivity (Wildman–Crippen MR) is 198 cm³/mol. The van der Waals surface area contributed by atoms with Crippen LogP contribution in [0.5, 0.6) is 0 Å². The summed E-state index contributed by atoms with van der Waals surface area (Å²) in [7, 11) is -3.07. The number of benzene rings is 4. The van der Waals surface area contributed by atoms with Crippen molar-refractivity contribution in [1.29, 1.82) is 0 Å². The maximum absolute atomic E-state index is 15.1. The molecule has 6 nitrogen and oxygen atoms in total. The Labute approximate surface area is 329 Å². The molecule has 53 heavy (non-hydrogen) atoms. The summed E-state index contributed by atoms with van der Waals surface area (Å²) in [5.41, 5.74) is -5.00. The number of rotatable bonds is 12. The molecule has 12 heteroatoms. The van der Waals surface area contributed by atoms with Crippen molar-refractivity contribution in [3.05, 3.63) is 135 Å². The van der Waals surface area contributed by atoms with E-state index in [0.29, 0.717) is 11.1 Å². The lowest BCUT2D eigenvalue weighted by molar-refractivity contribution is -0.137. The van der Waals surface area contributed by atoms with Gasteiger partial charge in [0.25, 0.3) is 0 Å². The molecule has 0 aliphatic carbocycles. The maximum atomic E-state index is 15.1. The molecule has 6 rings (SSSR count). The molecule has 2 aliphatic heterocycles. The zero-order valence-corrected chi connectivity index (χ0v) is 29.0. The zero-order chi connectivity index (χ0) is 49.1. The molecule has 1 N–H and O–H groups in total. The number of piperidine rings is 1. The van der Waals surface area contributed by atoms with Crippen LogP contribution in [-0.4, -0.2) is 66.6 Å². The minimum Gasteiger partial charge on any atom is -0.384 e. The number of methoxy groups -OCH3 is 1. The number of carbonyl (C=O) groups is 1. The van der Waals surface area contributed by atoms with Gasteiger partial charge in [0.05, 0.1) is 32.2 Å². The number of aliphatic hydroxyl groups is 1. The van der Waals surface area contributed by atoms with Crippen LogP contribution in [0.15, 0.2) is 95.9 Å². The zero-order valence-electron chi connectivity index (χ0n) is 41.2.